The lowest BCUT2D eigenvalue weighted by Gasteiger charge is -2.31. The molecule has 0 spiro atoms. The van der Waals surface area contributed by atoms with Gasteiger partial charge in [-0.1, -0.05) is 37.1 Å². The number of carboxylic acid groups (broad SMARTS) is 1. The van der Waals surface area contributed by atoms with Gasteiger partial charge in [-0.15, -0.1) is 0 Å². The van der Waals surface area contributed by atoms with Gasteiger partial charge in [0.25, 0.3) is 5.91 Å². The molecule has 0 atom stereocenters. The number of nitrogen functional groups attached to an aromatic ring is 1. The number of nitrogens with one attached hydrogen (secondary N) is 5. The SMILES string of the molecule is Cc1ccc(C(=O)Nc2ccc(S(=O)(=O)N3CCCCC3)cc2)cc1-c1nc(NCCN(C)C)nc2c1CNC(=O)N2c1c(F)cccc1F.Cc1ccc(C(=O)O)cc1-c1nc(NCCN(C)C)nc2c1CNC(=O)N2c1c(F)cccc1F.Nc1ccc(S(=O)(=O)N2CCCCC2)cc1. The van der Waals surface area contributed by atoms with E-state index in [9.17, 15) is 49.9 Å². The summed E-state index contributed by atoms with van der Waals surface area (Å²) in [7, 11) is 0.677. The van der Waals surface area contributed by atoms with Crippen LogP contribution in [0.4, 0.5) is 73.4 Å². The number of nitrogens with two attached hydrogens (primary N) is 1. The molecule has 6 aromatic carbocycles. The molecule has 2 fully saturated rings. The maximum Gasteiger partial charge on any atom is 0.335 e. The Bertz CT molecular complexity index is 4600. The van der Waals surface area contributed by atoms with Crippen LogP contribution in [0.1, 0.15) is 81.5 Å². The van der Waals surface area contributed by atoms with Crippen molar-refractivity contribution in [2.24, 2.45) is 0 Å². The third kappa shape index (κ3) is 17.0. The van der Waals surface area contributed by atoms with E-state index in [1.165, 1.54) is 40.7 Å². The summed E-state index contributed by atoms with van der Waals surface area (Å²) in [5.41, 5.74) is 9.76. The van der Waals surface area contributed by atoms with Crippen LogP contribution in [0.25, 0.3) is 22.5 Å². The largest absolute Gasteiger partial charge is 0.478 e. The van der Waals surface area contributed by atoms with Crippen LogP contribution >= 0.6 is 0 Å². The maximum absolute atomic E-state index is 15.1. The van der Waals surface area contributed by atoms with Crippen LogP contribution < -0.4 is 42.1 Å². The van der Waals surface area contributed by atoms with Crippen LogP contribution in [0.15, 0.2) is 131 Å². The number of likely N-dealkylation sites (N-methyl/N-ethyl adjacent to an activating group) is 2. The van der Waals surface area contributed by atoms with Gasteiger partial charge in [-0.25, -0.2) is 68.5 Å². The Hall–Kier alpha value is -10.2. The van der Waals surface area contributed by atoms with Crippen molar-refractivity contribution in [3.63, 3.8) is 0 Å². The number of piperidine rings is 2. The first-order valence-corrected chi connectivity index (χ1v) is 35.4. The smallest absolute Gasteiger partial charge is 0.335 e. The monoisotopic (exact) mass is 1430 g/mol. The van der Waals surface area contributed by atoms with Crippen molar-refractivity contribution >= 4 is 90.3 Å². The molecule has 4 aliphatic heterocycles. The number of sulfonamides is 2. The summed E-state index contributed by atoms with van der Waals surface area (Å²) in [5, 5.41) is 23.8. The van der Waals surface area contributed by atoms with E-state index in [0.717, 1.165) is 83.7 Å². The highest BCUT2D eigenvalue weighted by Crippen LogP contribution is 2.42. The van der Waals surface area contributed by atoms with Crippen molar-refractivity contribution < 1.29 is 58.7 Å². The Labute approximate surface area is 582 Å². The lowest BCUT2D eigenvalue weighted by Crippen LogP contribution is -2.43. The molecular weight excluding hydrogens is 1350 g/mol. The highest BCUT2D eigenvalue weighted by Gasteiger charge is 2.37. The fraction of sp³-hybridized carbons (Fsp3) is 0.314. The summed E-state index contributed by atoms with van der Waals surface area (Å²) in [5.74, 6) is -5.03. The number of halogens is 4. The second-order valence-electron chi connectivity index (χ2n) is 24.8. The van der Waals surface area contributed by atoms with Crippen molar-refractivity contribution in [1.82, 2.24) is 49.0 Å². The second kappa shape index (κ2) is 32.0. The standard InChI is InChI=1S/C35H38F2N8O4S.C24H24F2N6O3.C11H16N2O2S/c1-22-10-11-23(33(46)40-24-12-14-25(15-13-24)50(48,49)44-17-5-4-6-18-44)20-26(22)30-27-21-39-35(47)45(31-28(36)8-7-9-29(31)37)32(27)42-34(41-30)38-16-19-43(2)3;1-13-7-8-14(22(33)34)11-15(13)19-16-12-28-24(35)32(20-17(25)5-4-6-18(20)26)21(16)30-23(29-19)27-9-10-31(2)3;12-10-4-6-11(7-5-10)16(14,15)13-8-2-1-3-9-13/h7-15,20H,4-6,16-19,21H2,1-3H3,(H,39,47)(H,40,46)(H,38,41,42);4-8,11H,9-10,12H2,1-3H3,(H,28,35)(H,33,34)(H,27,29,30);4-7H,1-3,8-9,12H2. The molecule has 0 saturated carbocycles. The van der Waals surface area contributed by atoms with Crippen LogP contribution in [0.5, 0.6) is 0 Å². The highest BCUT2D eigenvalue weighted by molar-refractivity contribution is 7.89. The molecule has 4 aliphatic rings. The number of hydrogen-bond donors (Lipinski definition) is 7. The van der Waals surface area contributed by atoms with Crippen LogP contribution in [0, 0.1) is 37.1 Å². The molecule has 8 N–H and O–H groups in total. The molecule has 2 aromatic heterocycles. The molecule has 2 saturated heterocycles. The van der Waals surface area contributed by atoms with Crippen molar-refractivity contribution in [2.75, 3.05) is 112 Å². The highest BCUT2D eigenvalue weighted by atomic mass is 32.2. The summed E-state index contributed by atoms with van der Waals surface area (Å²) in [6.45, 7) is 8.00. The lowest BCUT2D eigenvalue weighted by atomic mass is 9.97. The lowest BCUT2D eigenvalue weighted by molar-refractivity contribution is 0.0696. The van der Waals surface area contributed by atoms with Crippen molar-refractivity contribution in [3.05, 3.63) is 178 Å². The van der Waals surface area contributed by atoms with Crippen LogP contribution in [-0.2, 0) is 33.1 Å². The van der Waals surface area contributed by atoms with Crippen molar-refractivity contribution in [3.8, 4) is 22.5 Å². The number of amides is 5. The predicted octanol–water partition coefficient (Wildman–Crippen LogP) is 10.7. The zero-order valence-corrected chi connectivity index (χ0v) is 58.1. The quantitative estimate of drug-likeness (QED) is 0.0292. The number of carbonyl (C=O) groups excluding carboxylic acids is 3. The number of urea groups is 2. The third-order valence-corrected chi connectivity index (χ3v) is 20.9. The van der Waals surface area contributed by atoms with Gasteiger partial charge in [-0.05, 0) is 176 Å². The van der Waals surface area contributed by atoms with E-state index in [1.807, 2.05) is 44.9 Å². The molecule has 12 rings (SSSR count). The fourth-order valence-electron chi connectivity index (χ4n) is 11.6. The Morgan fingerprint density at radius 1 is 0.545 bits per heavy atom. The van der Waals surface area contributed by atoms with Gasteiger partial charge in [-0.2, -0.15) is 18.6 Å². The number of aromatic carboxylic acids is 1. The minimum absolute atomic E-state index is 0.00366. The van der Waals surface area contributed by atoms with Crippen molar-refractivity contribution in [2.45, 2.75) is 75.3 Å². The molecular formula is C70H78F4N16O9S2. The Balaban J connectivity index is 0.000000185. The van der Waals surface area contributed by atoms with Crippen molar-refractivity contribution in [1.29, 1.82) is 0 Å². The van der Waals surface area contributed by atoms with Gasteiger partial charge in [-0.3, -0.25) is 4.79 Å². The topological polar surface area (TPSA) is 314 Å². The van der Waals surface area contributed by atoms with E-state index >= 15 is 8.78 Å². The number of rotatable bonds is 19. The molecule has 0 unspecified atom stereocenters. The van der Waals surface area contributed by atoms with Gasteiger partial charge in [0.2, 0.25) is 31.9 Å². The number of carboxylic acids is 1. The molecule has 6 heterocycles. The number of hydrogen-bond acceptors (Lipinski definition) is 17. The summed E-state index contributed by atoms with van der Waals surface area (Å²) < 4.78 is 113. The van der Waals surface area contributed by atoms with Gasteiger partial charge in [0.1, 0.15) is 34.6 Å². The maximum atomic E-state index is 15.1. The van der Waals surface area contributed by atoms with Crippen LogP contribution in [0.3, 0.4) is 0 Å². The average molecular weight is 1430 g/mol. The molecule has 31 heteroatoms. The first-order valence-electron chi connectivity index (χ1n) is 32.6. The van der Waals surface area contributed by atoms with Gasteiger partial charge in [0.15, 0.2) is 11.6 Å². The number of aromatic nitrogens is 4. The number of fused-ring (bicyclic) bond motifs is 2. The number of para-hydroxylation sites is 2. The van der Waals surface area contributed by atoms with E-state index in [1.54, 1.807) is 71.9 Å². The van der Waals surface area contributed by atoms with Crippen LogP contribution in [0.2, 0.25) is 0 Å². The van der Waals surface area contributed by atoms with Gasteiger partial charge in [0.05, 0.1) is 39.8 Å². The molecule has 5 amide bonds. The molecule has 0 radical (unpaired) electrons. The number of benzene rings is 6. The normalized spacial score (nSPS) is 14.9. The molecule has 0 bridgehead atoms. The number of aryl methyl sites for hydroxylation is 2. The van der Waals surface area contributed by atoms with E-state index < -0.39 is 78.6 Å². The van der Waals surface area contributed by atoms with E-state index in [4.69, 9.17) is 10.7 Å². The number of anilines is 8. The minimum atomic E-state index is -3.62. The number of carbonyl (C=O) groups is 4. The van der Waals surface area contributed by atoms with Gasteiger partial charge >= 0.3 is 18.0 Å². The first-order chi connectivity index (χ1) is 48.2. The Morgan fingerprint density at radius 3 is 1.33 bits per heavy atom. The summed E-state index contributed by atoms with van der Waals surface area (Å²) in [6.07, 6.45) is 5.69. The Morgan fingerprint density at radius 2 is 0.931 bits per heavy atom. The molecule has 8 aromatic rings. The van der Waals surface area contributed by atoms with E-state index in [-0.39, 0.29) is 52.6 Å². The van der Waals surface area contributed by atoms with E-state index in [2.05, 4.69) is 41.5 Å². The summed E-state index contributed by atoms with van der Waals surface area (Å²) in [4.78, 5) is 75.6. The first kappa shape index (κ1) is 73.5. The van der Waals surface area contributed by atoms with Crippen LogP contribution in [-0.4, -0.2) is 165 Å². The van der Waals surface area contributed by atoms with Gasteiger partial charge in [0, 0.05) is 91.6 Å². The molecule has 101 heavy (non-hydrogen) atoms. The van der Waals surface area contributed by atoms with Gasteiger partial charge < -0.3 is 47.2 Å². The third-order valence-electron chi connectivity index (χ3n) is 17.0. The number of nitrogens with zero attached hydrogens (tertiary/aromatic N) is 10. The zero-order valence-electron chi connectivity index (χ0n) is 56.5. The zero-order chi connectivity index (χ0) is 72.4. The molecule has 532 valence electrons. The molecule has 0 aliphatic carbocycles. The Kier molecular flexibility index (Phi) is 23.3. The fourth-order valence-corrected chi connectivity index (χ4v) is 14.6. The predicted molar refractivity (Wildman–Crippen MR) is 377 cm³/mol. The summed E-state index contributed by atoms with van der Waals surface area (Å²) in [6, 6.07) is 27.3. The average Bonchev–Trinajstić information content (AvgIpc) is 0.753. The minimum Gasteiger partial charge on any atom is -0.478 e. The summed E-state index contributed by atoms with van der Waals surface area (Å²) >= 11 is 0. The molecule has 25 nitrogen and oxygen atoms in total. The second-order valence-corrected chi connectivity index (χ2v) is 28.7. The van der Waals surface area contributed by atoms with E-state index in [0.29, 0.717) is 102 Å².